The molecule has 0 heterocycles. The SMILES string of the molecule is CNCCC(C)CCc1c(C)cc(F)cc1C. The Morgan fingerprint density at radius 2 is 1.76 bits per heavy atom. The second-order valence-corrected chi connectivity index (χ2v) is 5.05. The van der Waals surface area contributed by atoms with Crippen molar-refractivity contribution in [3.05, 3.63) is 34.6 Å². The summed E-state index contributed by atoms with van der Waals surface area (Å²) in [6, 6.07) is 3.28. The Bertz CT molecular complexity index is 337. The summed E-state index contributed by atoms with van der Waals surface area (Å²) in [6.45, 7) is 7.36. The van der Waals surface area contributed by atoms with Crippen LogP contribution in [-0.2, 0) is 6.42 Å². The number of halogens is 1. The van der Waals surface area contributed by atoms with Crippen molar-refractivity contribution in [2.45, 2.75) is 40.0 Å². The van der Waals surface area contributed by atoms with Gasteiger partial charge < -0.3 is 5.32 Å². The van der Waals surface area contributed by atoms with Crippen molar-refractivity contribution in [2.75, 3.05) is 13.6 Å². The number of benzene rings is 1. The highest BCUT2D eigenvalue weighted by molar-refractivity contribution is 5.34. The Balaban J connectivity index is 2.57. The number of hydrogen-bond donors (Lipinski definition) is 1. The van der Waals surface area contributed by atoms with Crippen molar-refractivity contribution in [2.24, 2.45) is 5.92 Å². The lowest BCUT2D eigenvalue weighted by Gasteiger charge is -2.14. The molecule has 0 bridgehead atoms. The summed E-state index contributed by atoms with van der Waals surface area (Å²) >= 11 is 0. The first-order chi connectivity index (χ1) is 8.04. The maximum Gasteiger partial charge on any atom is 0.123 e. The van der Waals surface area contributed by atoms with Crippen LogP contribution in [0.2, 0.25) is 0 Å². The van der Waals surface area contributed by atoms with Crippen molar-refractivity contribution in [1.82, 2.24) is 5.32 Å². The van der Waals surface area contributed by atoms with Gasteiger partial charge in [-0.3, -0.25) is 0 Å². The van der Waals surface area contributed by atoms with Gasteiger partial charge in [0.25, 0.3) is 0 Å². The van der Waals surface area contributed by atoms with E-state index in [4.69, 9.17) is 0 Å². The second kappa shape index (κ2) is 6.75. The predicted octanol–water partition coefficient (Wildman–Crippen LogP) is 3.62. The summed E-state index contributed by atoms with van der Waals surface area (Å²) < 4.78 is 13.2. The van der Waals surface area contributed by atoms with Crippen molar-refractivity contribution < 1.29 is 4.39 Å². The van der Waals surface area contributed by atoms with Crippen LogP contribution in [0, 0.1) is 25.6 Å². The molecule has 1 atom stereocenters. The summed E-state index contributed by atoms with van der Waals surface area (Å²) in [5.41, 5.74) is 3.49. The maximum absolute atomic E-state index is 13.2. The third-order valence-electron chi connectivity index (χ3n) is 3.44. The van der Waals surface area contributed by atoms with Gasteiger partial charge in [-0.25, -0.2) is 4.39 Å². The van der Waals surface area contributed by atoms with Crippen molar-refractivity contribution in [1.29, 1.82) is 0 Å². The van der Waals surface area contributed by atoms with Gasteiger partial charge in [0.15, 0.2) is 0 Å². The quantitative estimate of drug-likeness (QED) is 0.797. The standard InChI is InChI=1S/C15H24FN/c1-11(7-8-17-4)5-6-15-12(2)9-14(16)10-13(15)3/h9-11,17H,5-8H2,1-4H3. The molecule has 0 saturated carbocycles. The molecule has 0 aliphatic heterocycles. The molecule has 0 fully saturated rings. The van der Waals surface area contributed by atoms with E-state index in [2.05, 4.69) is 12.2 Å². The van der Waals surface area contributed by atoms with E-state index in [0.29, 0.717) is 5.92 Å². The Morgan fingerprint density at radius 1 is 1.18 bits per heavy atom. The van der Waals surface area contributed by atoms with Gasteiger partial charge in [0, 0.05) is 0 Å². The molecule has 1 N–H and O–H groups in total. The normalized spacial score (nSPS) is 12.8. The lowest BCUT2D eigenvalue weighted by Crippen LogP contribution is -2.12. The molecule has 96 valence electrons. The zero-order valence-corrected chi connectivity index (χ0v) is 11.4. The first kappa shape index (κ1) is 14.2. The molecule has 0 amide bonds. The molecular weight excluding hydrogens is 213 g/mol. The molecule has 0 radical (unpaired) electrons. The van der Waals surface area contributed by atoms with Crippen LogP contribution in [0.15, 0.2) is 12.1 Å². The van der Waals surface area contributed by atoms with Crippen LogP contribution in [0.25, 0.3) is 0 Å². The van der Waals surface area contributed by atoms with Crippen molar-refractivity contribution in [3.8, 4) is 0 Å². The molecular formula is C15H24FN. The highest BCUT2D eigenvalue weighted by Gasteiger charge is 2.08. The zero-order valence-electron chi connectivity index (χ0n) is 11.4. The molecule has 0 saturated heterocycles. The fourth-order valence-electron chi connectivity index (χ4n) is 2.26. The van der Waals surface area contributed by atoms with Crippen molar-refractivity contribution in [3.63, 3.8) is 0 Å². The van der Waals surface area contributed by atoms with E-state index < -0.39 is 0 Å². The molecule has 1 unspecified atom stereocenters. The third-order valence-corrected chi connectivity index (χ3v) is 3.44. The van der Waals surface area contributed by atoms with Gasteiger partial charge in [-0.1, -0.05) is 6.92 Å². The average Bonchev–Trinajstić information content (AvgIpc) is 2.24. The van der Waals surface area contributed by atoms with Crippen molar-refractivity contribution >= 4 is 0 Å². The Morgan fingerprint density at radius 3 is 2.29 bits per heavy atom. The summed E-state index contributed by atoms with van der Waals surface area (Å²) in [5.74, 6) is 0.596. The van der Waals surface area contributed by atoms with Gasteiger partial charge in [0.1, 0.15) is 5.82 Å². The monoisotopic (exact) mass is 237 g/mol. The van der Waals surface area contributed by atoms with E-state index in [-0.39, 0.29) is 5.82 Å². The lowest BCUT2D eigenvalue weighted by atomic mass is 9.93. The third kappa shape index (κ3) is 4.47. The van der Waals surface area contributed by atoms with Crippen LogP contribution >= 0.6 is 0 Å². The molecule has 0 spiro atoms. The minimum absolute atomic E-state index is 0.119. The largest absolute Gasteiger partial charge is 0.320 e. The summed E-state index contributed by atoms with van der Waals surface area (Å²) in [7, 11) is 1.99. The molecule has 0 aliphatic carbocycles. The highest BCUT2D eigenvalue weighted by Crippen LogP contribution is 2.20. The molecule has 17 heavy (non-hydrogen) atoms. The van der Waals surface area contributed by atoms with E-state index in [0.717, 1.165) is 24.1 Å². The fraction of sp³-hybridized carbons (Fsp3) is 0.600. The van der Waals surface area contributed by atoms with Gasteiger partial charge >= 0.3 is 0 Å². The van der Waals surface area contributed by atoms with Crippen LogP contribution in [0.5, 0.6) is 0 Å². The van der Waals surface area contributed by atoms with Crippen LogP contribution < -0.4 is 5.32 Å². The predicted molar refractivity (Wildman–Crippen MR) is 71.9 cm³/mol. The minimum Gasteiger partial charge on any atom is -0.320 e. The van der Waals surface area contributed by atoms with E-state index in [1.165, 1.54) is 18.4 Å². The first-order valence-corrected chi connectivity index (χ1v) is 6.44. The zero-order chi connectivity index (χ0) is 12.8. The van der Waals surface area contributed by atoms with Crippen LogP contribution in [0.1, 0.15) is 36.5 Å². The van der Waals surface area contributed by atoms with E-state index in [1.54, 1.807) is 12.1 Å². The van der Waals surface area contributed by atoms with Crippen LogP contribution in [-0.4, -0.2) is 13.6 Å². The number of rotatable bonds is 6. The fourth-order valence-corrected chi connectivity index (χ4v) is 2.26. The van der Waals surface area contributed by atoms with Gasteiger partial charge in [-0.05, 0) is 81.4 Å². The molecule has 1 aromatic rings. The molecule has 1 rings (SSSR count). The Hall–Kier alpha value is -0.890. The topological polar surface area (TPSA) is 12.0 Å². The van der Waals surface area contributed by atoms with Gasteiger partial charge in [0.05, 0.1) is 0 Å². The van der Waals surface area contributed by atoms with Gasteiger partial charge in [0.2, 0.25) is 0 Å². The van der Waals surface area contributed by atoms with E-state index >= 15 is 0 Å². The summed E-state index contributed by atoms with van der Waals surface area (Å²) in [6.07, 6.45) is 3.44. The number of nitrogens with one attached hydrogen (secondary N) is 1. The number of hydrogen-bond acceptors (Lipinski definition) is 1. The maximum atomic E-state index is 13.2. The molecule has 0 aromatic heterocycles. The summed E-state index contributed by atoms with van der Waals surface area (Å²) in [4.78, 5) is 0. The van der Waals surface area contributed by atoms with E-state index in [1.807, 2.05) is 20.9 Å². The Kier molecular flexibility index (Phi) is 5.63. The van der Waals surface area contributed by atoms with Gasteiger partial charge in [-0.15, -0.1) is 0 Å². The van der Waals surface area contributed by atoms with Crippen LogP contribution in [0.3, 0.4) is 0 Å². The number of aryl methyl sites for hydroxylation is 2. The highest BCUT2D eigenvalue weighted by atomic mass is 19.1. The lowest BCUT2D eigenvalue weighted by molar-refractivity contribution is 0.481. The molecule has 2 heteroatoms. The minimum atomic E-state index is -0.119. The van der Waals surface area contributed by atoms with E-state index in [9.17, 15) is 4.39 Å². The molecule has 1 nitrogen and oxygen atoms in total. The molecule has 1 aromatic carbocycles. The Labute approximate surface area is 104 Å². The molecule has 0 aliphatic rings. The average molecular weight is 237 g/mol. The van der Waals surface area contributed by atoms with Gasteiger partial charge in [-0.2, -0.15) is 0 Å². The smallest absolute Gasteiger partial charge is 0.123 e. The first-order valence-electron chi connectivity index (χ1n) is 6.44. The summed E-state index contributed by atoms with van der Waals surface area (Å²) in [5, 5.41) is 3.18. The second-order valence-electron chi connectivity index (χ2n) is 5.05. The van der Waals surface area contributed by atoms with Crippen LogP contribution in [0.4, 0.5) is 4.39 Å².